The molecule has 1 N–H and O–H groups in total. The lowest BCUT2D eigenvalue weighted by Gasteiger charge is -2.08. The molecular formula is C16H17NOS. The number of aryl methyl sites for hydroxylation is 2. The highest BCUT2D eigenvalue weighted by atomic mass is 32.2. The number of benzene rings is 2. The van der Waals surface area contributed by atoms with E-state index in [0.29, 0.717) is 5.75 Å². The monoisotopic (exact) mass is 271 g/mol. The van der Waals surface area contributed by atoms with E-state index in [1.54, 1.807) is 11.8 Å². The molecule has 0 aliphatic rings. The van der Waals surface area contributed by atoms with Crippen molar-refractivity contribution in [2.24, 2.45) is 0 Å². The molecule has 0 saturated heterocycles. The van der Waals surface area contributed by atoms with E-state index in [-0.39, 0.29) is 5.91 Å². The van der Waals surface area contributed by atoms with Crippen molar-refractivity contribution in [3.8, 4) is 0 Å². The third-order valence-corrected chi connectivity index (χ3v) is 4.05. The highest BCUT2D eigenvalue weighted by Gasteiger charge is 2.06. The van der Waals surface area contributed by atoms with Crippen molar-refractivity contribution in [3.63, 3.8) is 0 Å². The number of hydrogen-bond donors (Lipinski definition) is 1. The first-order chi connectivity index (χ1) is 9.16. The minimum Gasteiger partial charge on any atom is -0.325 e. The summed E-state index contributed by atoms with van der Waals surface area (Å²) < 4.78 is 0. The maximum Gasteiger partial charge on any atom is 0.234 e. The van der Waals surface area contributed by atoms with Gasteiger partial charge in [-0.3, -0.25) is 4.79 Å². The average molecular weight is 271 g/mol. The van der Waals surface area contributed by atoms with Crippen molar-refractivity contribution < 1.29 is 4.79 Å². The predicted octanol–water partition coefficient (Wildman–Crippen LogP) is 4.03. The summed E-state index contributed by atoms with van der Waals surface area (Å²) in [5.74, 6) is 0.460. The van der Waals surface area contributed by atoms with Gasteiger partial charge in [-0.25, -0.2) is 0 Å². The van der Waals surface area contributed by atoms with Gasteiger partial charge in [0, 0.05) is 10.6 Å². The van der Waals surface area contributed by atoms with Crippen LogP contribution in [0.25, 0.3) is 0 Å². The van der Waals surface area contributed by atoms with Crippen LogP contribution in [0.2, 0.25) is 0 Å². The van der Waals surface area contributed by atoms with Crippen molar-refractivity contribution in [1.82, 2.24) is 0 Å². The number of para-hydroxylation sites is 1. The number of thioether (sulfide) groups is 1. The molecule has 0 aromatic heterocycles. The molecule has 2 aromatic rings. The van der Waals surface area contributed by atoms with Crippen LogP contribution in [0.4, 0.5) is 5.69 Å². The first-order valence-electron chi connectivity index (χ1n) is 6.21. The van der Waals surface area contributed by atoms with E-state index in [4.69, 9.17) is 0 Å². The third-order valence-electron chi connectivity index (χ3n) is 2.87. The van der Waals surface area contributed by atoms with E-state index in [0.717, 1.165) is 16.1 Å². The summed E-state index contributed by atoms with van der Waals surface area (Å²) in [4.78, 5) is 13.1. The fourth-order valence-corrected chi connectivity index (χ4v) is 2.59. The van der Waals surface area contributed by atoms with E-state index >= 15 is 0 Å². The first-order valence-corrected chi connectivity index (χ1v) is 7.19. The minimum atomic E-state index is 0.0301. The van der Waals surface area contributed by atoms with Gasteiger partial charge in [0.2, 0.25) is 5.91 Å². The molecule has 0 heterocycles. The first kappa shape index (κ1) is 13.7. The van der Waals surface area contributed by atoms with Crippen molar-refractivity contribution in [1.29, 1.82) is 0 Å². The molecule has 2 rings (SSSR count). The molecule has 0 radical (unpaired) electrons. The standard InChI is InChI=1S/C16H17NOS/c1-12-7-3-5-9-14(12)17-16(18)11-19-15-10-6-4-8-13(15)2/h3-10H,11H2,1-2H3,(H,17,18). The molecule has 0 aliphatic heterocycles. The Bertz CT molecular complexity index is 580. The Labute approximate surface area is 118 Å². The molecule has 2 aromatic carbocycles. The van der Waals surface area contributed by atoms with Gasteiger partial charge in [0.1, 0.15) is 0 Å². The van der Waals surface area contributed by atoms with Gasteiger partial charge >= 0.3 is 0 Å². The Kier molecular flexibility index (Phi) is 4.63. The Morgan fingerprint density at radius 1 is 1.00 bits per heavy atom. The summed E-state index contributed by atoms with van der Waals surface area (Å²) in [7, 11) is 0. The number of hydrogen-bond acceptors (Lipinski definition) is 2. The van der Waals surface area contributed by atoms with Gasteiger partial charge in [-0.2, -0.15) is 0 Å². The van der Waals surface area contributed by atoms with Crippen LogP contribution in [-0.2, 0) is 4.79 Å². The molecular weight excluding hydrogens is 254 g/mol. The molecule has 0 aliphatic carbocycles. The second-order valence-electron chi connectivity index (χ2n) is 4.42. The molecule has 1 amide bonds. The summed E-state index contributed by atoms with van der Waals surface area (Å²) in [6.45, 7) is 4.05. The van der Waals surface area contributed by atoms with Crippen molar-refractivity contribution in [2.75, 3.05) is 11.1 Å². The molecule has 0 saturated carbocycles. The third kappa shape index (κ3) is 3.86. The van der Waals surface area contributed by atoms with Crippen molar-refractivity contribution >= 4 is 23.4 Å². The number of anilines is 1. The maximum atomic E-state index is 11.9. The summed E-state index contributed by atoms with van der Waals surface area (Å²) in [5.41, 5.74) is 3.17. The van der Waals surface area contributed by atoms with E-state index < -0.39 is 0 Å². The molecule has 2 nitrogen and oxygen atoms in total. The average Bonchev–Trinajstić information content (AvgIpc) is 2.40. The summed E-state index contributed by atoms with van der Waals surface area (Å²) in [6, 6.07) is 15.9. The summed E-state index contributed by atoms with van der Waals surface area (Å²) in [5, 5.41) is 2.94. The molecule has 98 valence electrons. The van der Waals surface area contributed by atoms with E-state index in [1.165, 1.54) is 5.56 Å². The predicted molar refractivity (Wildman–Crippen MR) is 81.7 cm³/mol. The second-order valence-corrected chi connectivity index (χ2v) is 5.43. The van der Waals surface area contributed by atoms with Gasteiger partial charge in [0.15, 0.2) is 0 Å². The second kappa shape index (κ2) is 6.43. The molecule has 0 atom stereocenters. The fraction of sp³-hybridized carbons (Fsp3) is 0.188. The maximum absolute atomic E-state index is 11.9. The van der Waals surface area contributed by atoms with Gasteiger partial charge < -0.3 is 5.32 Å². The highest BCUT2D eigenvalue weighted by molar-refractivity contribution is 8.00. The van der Waals surface area contributed by atoms with Gasteiger partial charge in [-0.05, 0) is 37.1 Å². The molecule has 0 fully saturated rings. The van der Waals surface area contributed by atoms with Gasteiger partial charge in [-0.1, -0.05) is 36.4 Å². The zero-order valence-corrected chi connectivity index (χ0v) is 12.0. The van der Waals surface area contributed by atoms with Crippen LogP contribution in [0.1, 0.15) is 11.1 Å². The fourth-order valence-electron chi connectivity index (χ4n) is 1.76. The summed E-state index contributed by atoms with van der Waals surface area (Å²) in [6.07, 6.45) is 0. The van der Waals surface area contributed by atoms with Gasteiger partial charge in [0.25, 0.3) is 0 Å². The van der Waals surface area contributed by atoms with Crippen LogP contribution < -0.4 is 5.32 Å². The molecule has 0 unspecified atom stereocenters. The lowest BCUT2D eigenvalue weighted by atomic mass is 10.2. The molecule has 0 spiro atoms. The zero-order valence-electron chi connectivity index (χ0n) is 11.1. The van der Waals surface area contributed by atoms with Crippen LogP contribution in [0.5, 0.6) is 0 Å². The molecule has 3 heteroatoms. The SMILES string of the molecule is Cc1ccccc1NC(=O)CSc1ccccc1C. The quantitative estimate of drug-likeness (QED) is 0.850. The smallest absolute Gasteiger partial charge is 0.234 e. The van der Waals surface area contributed by atoms with Crippen LogP contribution in [-0.4, -0.2) is 11.7 Å². The number of rotatable bonds is 4. The van der Waals surface area contributed by atoms with Gasteiger partial charge in [0.05, 0.1) is 5.75 Å². The molecule has 0 bridgehead atoms. The minimum absolute atomic E-state index is 0.0301. The Morgan fingerprint density at radius 2 is 1.63 bits per heavy atom. The van der Waals surface area contributed by atoms with E-state index in [9.17, 15) is 4.79 Å². The highest BCUT2D eigenvalue weighted by Crippen LogP contribution is 2.22. The lowest BCUT2D eigenvalue weighted by Crippen LogP contribution is -2.14. The van der Waals surface area contributed by atoms with Crippen LogP contribution >= 0.6 is 11.8 Å². The van der Waals surface area contributed by atoms with Crippen LogP contribution in [0.15, 0.2) is 53.4 Å². The van der Waals surface area contributed by atoms with Crippen molar-refractivity contribution in [3.05, 3.63) is 59.7 Å². The van der Waals surface area contributed by atoms with Crippen LogP contribution in [0.3, 0.4) is 0 Å². The van der Waals surface area contributed by atoms with Crippen LogP contribution in [0, 0.1) is 13.8 Å². The topological polar surface area (TPSA) is 29.1 Å². The van der Waals surface area contributed by atoms with Crippen molar-refractivity contribution in [2.45, 2.75) is 18.7 Å². The normalized spacial score (nSPS) is 10.2. The van der Waals surface area contributed by atoms with E-state index in [2.05, 4.69) is 18.3 Å². The van der Waals surface area contributed by atoms with Gasteiger partial charge in [-0.15, -0.1) is 11.8 Å². The number of nitrogens with one attached hydrogen (secondary N) is 1. The number of carbonyl (C=O) groups is 1. The number of carbonyl (C=O) groups excluding carboxylic acids is 1. The van der Waals surface area contributed by atoms with E-state index in [1.807, 2.05) is 49.4 Å². The Balaban J connectivity index is 1.92. The number of amides is 1. The summed E-state index contributed by atoms with van der Waals surface area (Å²) >= 11 is 1.57. The zero-order chi connectivity index (χ0) is 13.7. The Hall–Kier alpha value is -1.74. The molecule has 19 heavy (non-hydrogen) atoms. The lowest BCUT2D eigenvalue weighted by molar-refractivity contribution is -0.113. The largest absolute Gasteiger partial charge is 0.325 e. The Morgan fingerprint density at radius 3 is 2.32 bits per heavy atom.